The standard InChI is InChI=1S/C20H24N6O5/c1-2-7-30-13-5-3-12(4-6-13)8-24-25-18-15-19(22-10-21-18)26(11-23-15)20-17(29)16(28)14(9-27)31-20/h3-6,8,10-11,14,16-17,20,27-29H,2,7,9H2,1H3,(H,21,22,25)/b24-8+/t14-,16?,17?,20-/m1/s1. The van der Waals surface area contributed by atoms with Crippen LogP contribution in [0.25, 0.3) is 11.2 Å². The van der Waals surface area contributed by atoms with Crippen LogP contribution in [-0.4, -0.2) is 72.6 Å². The van der Waals surface area contributed by atoms with Gasteiger partial charge in [-0.1, -0.05) is 6.92 Å². The fraction of sp³-hybridized carbons (Fsp3) is 0.400. The van der Waals surface area contributed by atoms with Crippen molar-refractivity contribution >= 4 is 23.2 Å². The Morgan fingerprint density at radius 1 is 1.19 bits per heavy atom. The van der Waals surface area contributed by atoms with E-state index in [0.29, 0.717) is 23.6 Å². The molecule has 4 rings (SSSR count). The highest BCUT2D eigenvalue weighted by atomic mass is 16.6. The van der Waals surface area contributed by atoms with Crippen LogP contribution in [0.5, 0.6) is 5.75 Å². The Morgan fingerprint density at radius 3 is 2.71 bits per heavy atom. The molecule has 0 bridgehead atoms. The van der Waals surface area contributed by atoms with Gasteiger partial charge in [-0.05, 0) is 36.2 Å². The molecule has 2 aromatic heterocycles. The van der Waals surface area contributed by atoms with Gasteiger partial charge in [-0.3, -0.25) is 9.99 Å². The minimum Gasteiger partial charge on any atom is -0.494 e. The molecule has 1 fully saturated rings. The zero-order valence-corrected chi connectivity index (χ0v) is 16.9. The van der Waals surface area contributed by atoms with Crippen molar-refractivity contribution in [2.24, 2.45) is 5.10 Å². The summed E-state index contributed by atoms with van der Waals surface area (Å²) < 4.78 is 12.6. The van der Waals surface area contributed by atoms with Gasteiger partial charge in [0.2, 0.25) is 0 Å². The first-order valence-corrected chi connectivity index (χ1v) is 9.94. The second-order valence-corrected chi connectivity index (χ2v) is 7.06. The molecule has 11 nitrogen and oxygen atoms in total. The van der Waals surface area contributed by atoms with Gasteiger partial charge in [0, 0.05) is 0 Å². The van der Waals surface area contributed by atoms with E-state index >= 15 is 0 Å². The maximum atomic E-state index is 10.3. The van der Waals surface area contributed by atoms with E-state index in [0.717, 1.165) is 17.7 Å². The minimum absolute atomic E-state index is 0.370. The summed E-state index contributed by atoms with van der Waals surface area (Å²) in [7, 11) is 0. The molecule has 1 saturated heterocycles. The number of aliphatic hydroxyl groups excluding tert-OH is 3. The summed E-state index contributed by atoms with van der Waals surface area (Å²) in [6.45, 7) is 2.31. The molecule has 1 aliphatic rings. The van der Waals surface area contributed by atoms with Gasteiger partial charge >= 0.3 is 0 Å². The fourth-order valence-corrected chi connectivity index (χ4v) is 3.27. The number of ether oxygens (including phenoxy) is 2. The third-order valence-electron chi connectivity index (χ3n) is 4.89. The number of anilines is 1. The molecule has 11 heteroatoms. The lowest BCUT2D eigenvalue weighted by Gasteiger charge is -2.16. The van der Waals surface area contributed by atoms with Crippen LogP contribution in [-0.2, 0) is 4.74 Å². The second-order valence-electron chi connectivity index (χ2n) is 7.06. The quantitative estimate of drug-likeness (QED) is 0.300. The number of nitrogens with zero attached hydrogens (tertiary/aromatic N) is 5. The molecule has 0 saturated carbocycles. The van der Waals surface area contributed by atoms with Crippen LogP contribution >= 0.6 is 0 Å². The average Bonchev–Trinajstić information content (AvgIpc) is 3.34. The van der Waals surface area contributed by atoms with Crippen molar-refractivity contribution in [3.8, 4) is 5.75 Å². The van der Waals surface area contributed by atoms with Crippen molar-refractivity contribution in [2.75, 3.05) is 18.6 Å². The molecule has 0 radical (unpaired) electrons. The number of aliphatic hydroxyl groups is 3. The van der Waals surface area contributed by atoms with Crippen LogP contribution in [0.2, 0.25) is 0 Å². The molecule has 0 amide bonds. The summed E-state index contributed by atoms with van der Waals surface area (Å²) in [5.41, 5.74) is 4.53. The van der Waals surface area contributed by atoms with Crippen LogP contribution < -0.4 is 10.2 Å². The van der Waals surface area contributed by atoms with Gasteiger partial charge < -0.3 is 24.8 Å². The zero-order valence-electron chi connectivity index (χ0n) is 16.9. The van der Waals surface area contributed by atoms with Gasteiger partial charge in [0.1, 0.15) is 30.4 Å². The predicted molar refractivity (Wildman–Crippen MR) is 112 cm³/mol. The Labute approximate surface area is 178 Å². The Balaban J connectivity index is 1.49. The van der Waals surface area contributed by atoms with Crippen LogP contribution in [0.1, 0.15) is 25.1 Å². The molecule has 4 atom stereocenters. The first kappa shape index (κ1) is 21.1. The molecule has 164 valence electrons. The monoisotopic (exact) mass is 428 g/mol. The Kier molecular flexibility index (Phi) is 6.37. The summed E-state index contributed by atoms with van der Waals surface area (Å²) in [6, 6.07) is 7.54. The number of nitrogens with one attached hydrogen (secondary N) is 1. The van der Waals surface area contributed by atoms with Crippen molar-refractivity contribution in [3.63, 3.8) is 0 Å². The summed E-state index contributed by atoms with van der Waals surface area (Å²) in [4.78, 5) is 12.7. The normalized spacial score (nSPS) is 23.6. The van der Waals surface area contributed by atoms with Crippen molar-refractivity contribution in [3.05, 3.63) is 42.5 Å². The lowest BCUT2D eigenvalue weighted by molar-refractivity contribution is -0.0511. The predicted octanol–water partition coefficient (Wildman–Crippen LogP) is 0.673. The van der Waals surface area contributed by atoms with Crippen LogP contribution in [0.3, 0.4) is 0 Å². The van der Waals surface area contributed by atoms with E-state index in [2.05, 4.69) is 32.4 Å². The van der Waals surface area contributed by atoms with Crippen molar-refractivity contribution in [1.82, 2.24) is 19.5 Å². The highest BCUT2D eigenvalue weighted by Crippen LogP contribution is 2.32. The summed E-state index contributed by atoms with van der Waals surface area (Å²) >= 11 is 0. The van der Waals surface area contributed by atoms with Gasteiger partial charge in [-0.25, -0.2) is 15.0 Å². The smallest absolute Gasteiger partial charge is 0.177 e. The van der Waals surface area contributed by atoms with E-state index in [4.69, 9.17) is 9.47 Å². The van der Waals surface area contributed by atoms with Crippen LogP contribution in [0, 0.1) is 0 Å². The van der Waals surface area contributed by atoms with Gasteiger partial charge in [-0.15, -0.1) is 0 Å². The number of benzene rings is 1. The molecule has 4 N–H and O–H groups in total. The van der Waals surface area contributed by atoms with E-state index in [1.165, 1.54) is 17.2 Å². The molecule has 0 spiro atoms. The fourth-order valence-electron chi connectivity index (χ4n) is 3.27. The maximum Gasteiger partial charge on any atom is 0.177 e. The highest BCUT2D eigenvalue weighted by molar-refractivity contribution is 5.84. The number of hydrogen-bond donors (Lipinski definition) is 4. The number of imidazole rings is 1. The Morgan fingerprint density at radius 2 is 2.00 bits per heavy atom. The first-order valence-electron chi connectivity index (χ1n) is 9.94. The topological polar surface area (TPSA) is 147 Å². The van der Waals surface area contributed by atoms with E-state index in [1.54, 1.807) is 6.21 Å². The van der Waals surface area contributed by atoms with E-state index in [9.17, 15) is 15.3 Å². The number of fused-ring (bicyclic) bond motifs is 1. The summed E-state index contributed by atoms with van der Waals surface area (Å²) in [5, 5.41) is 33.8. The van der Waals surface area contributed by atoms with E-state index in [-0.39, 0.29) is 0 Å². The summed E-state index contributed by atoms with van der Waals surface area (Å²) in [5.74, 6) is 1.18. The van der Waals surface area contributed by atoms with Gasteiger partial charge in [-0.2, -0.15) is 5.10 Å². The third kappa shape index (κ3) is 4.35. The minimum atomic E-state index is -1.23. The number of aromatic nitrogens is 4. The van der Waals surface area contributed by atoms with Crippen molar-refractivity contribution in [1.29, 1.82) is 0 Å². The lowest BCUT2D eigenvalue weighted by atomic mass is 10.1. The third-order valence-corrected chi connectivity index (χ3v) is 4.89. The van der Waals surface area contributed by atoms with E-state index < -0.39 is 31.1 Å². The van der Waals surface area contributed by atoms with Gasteiger partial charge in [0.25, 0.3) is 0 Å². The number of hydrazone groups is 1. The molecule has 1 aliphatic heterocycles. The Bertz CT molecular complexity index is 1040. The zero-order chi connectivity index (χ0) is 21.8. The van der Waals surface area contributed by atoms with Crippen LogP contribution in [0.15, 0.2) is 42.0 Å². The highest BCUT2D eigenvalue weighted by Gasteiger charge is 2.44. The van der Waals surface area contributed by atoms with Crippen molar-refractivity contribution in [2.45, 2.75) is 37.9 Å². The maximum absolute atomic E-state index is 10.3. The molecular formula is C20H24N6O5. The molecule has 1 aromatic carbocycles. The molecule has 3 aromatic rings. The number of hydrogen-bond acceptors (Lipinski definition) is 10. The van der Waals surface area contributed by atoms with Gasteiger partial charge in [0.15, 0.2) is 23.2 Å². The molecular weight excluding hydrogens is 404 g/mol. The molecule has 31 heavy (non-hydrogen) atoms. The average molecular weight is 428 g/mol. The summed E-state index contributed by atoms with van der Waals surface area (Å²) in [6.07, 6.45) is 1.09. The second kappa shape index (κ2) is 9.35. The van der Waals surface area contributed by atoms with E-state index in [1.807, 2.05) is 24.3 Å². The lowest BCUT2D eigenvalue weighted by Crippen LogP contribution is -2.33. The largest absolute Gasteiger partial charge is 0.494 e. The Hall–Kier alpha value is -3.12. The first-order chi connectivity index (χ1) is 15.1. The molecule has 0 aliphatic carbocycles. The van der Waals surface area contributed by atoms with Crippen LogP contribution in [0.4, 0.5) is 5.82 Å². The number of rotatable bonds is 8. The molecule has 2 unspecified atom stereocenters. The van der Waals surface area contributed by atoms with Gasteiger partial charge in [0.05, 0.1) is 25.8 Å². The SMILES string of the molecule is CCCOc1ccc(/C=N/Nc2ncnc3c2ncn3[C@@H]2O[C@H](CO)C(O)C2O)cc1. The molecule has 3 heterocycles. The van der Waals surface area contributed by atoms with Crippen molar-refractivity contribution < 1.29 is 24.8 Å².